The van der Waals surface area contributed by atoms with Crippen LogP contribution in [0.1, 0.15) is 21.5 Å². The van der Waals surface area contributed by atoms with Crippen molar-refractivity contribution in [1.29, 1.82) is 0 Å². The van der Waals surface area contributed by atoms with Crippen LogP contribution < -0.4 is 5.32 Å². The number of hydrogen-bond donors (Lipinski definition) is 1. The van der Waals surface area contributed by atoms with E-state index in [9.17, 15) is 4.79 Å². The summed E-state index contributed by atoms with van der Waals surface area (Å²) >= 11 is 1.62. The molecule has 33 heavy (non-hydrogen) atoms. The molecule has 4 aromatic rings. The first-order valence-corrected chi connectivity index (χ1v) is 12.2. The van der Waals surface area contributed by atoms with Crippen molar-refractivity contribution in [1.82, 2.24) is 9.88 Å². The Morgan fingerprint density at radius 3 is 2.67 bits per heavy atom. The van der Waals surface area contributed by atoms with E-state index in [0.29, 0.717) is 5.56 Å². The van der Waals surface area contributed by atoms with Gasteiger partial charge in [0, 0.05) is 30.7 Å². The zero-order valence-electron chi connectivity index (χ0n) is 18.7. The van der Waals surface area contributed by atoms with Gasteiger partial charge < -0.3 is 10.1 Å². The number of nitrogens with zero attached hydrogens (tertiary/aromatic N) is 2. The quantitative estimate of drug-likeness (QED) is 0.421. The van der Waals surface area contributed by atoms with Crippen LogP contribution in [0.4, 0.5) is 5.69 Å². The molecule has 0 atom stereocenters. The molecule has 2 aromatic heterocycles. The average Bonchev–Trinajstić information content (AvgIpc) is 3.39. The van der Waals surface area contributed by atoms with Gasteiger partial charge in [-0.25, -0.2) is 4.98 Å². The Kier molecular flexibility index (Phi) is 6.48. The number of aryl methyl sites for hydroxylation is 1. The van der Waals surface area contributed by atoms with Crippen LogP contribution in [0.3, 0.4) is 0 Å². The van der Waals surface area contributed by atoms with Gasteiger partial charge in [-0.05, 0) is 60.7 Å². The van der Waals surface area contributed by atoms with Crippen molar-refractivity contribution in [2.75, 3.05) is 38.2 Å². The summed E-state index contributed by atoms with van der Waals surface area (Å²) in [6.07, 6.45) is 0.993. The summed E-state index contributed by atoms with van der Waals surface area (Å²) in [4.78, 5) is 21.6. The number of nitrogens with one attached hydrogen (secondary N) is 1. The van der Waals surface area contributed by atoms with Gasteiger partial charge in [0.1, 0.15) is 0 Å². The number of carbonyl (C=O) groups is 1. The standard InChI is InChI=1S/C27H27N3O2S/c1-19-4-9-24-22(17-19)23(18-25(29-24)26-3-2-16-33-26)27(31)28-21-7-5-20(6-8-21)10-11-30-12-14-32-15-13-30/h2-9,16-18H,10-15H2,1H3,(H,28,31). The monoisotopic (exact) mass is 457 g/mol. The molecule has 0 bridgehead atoms. The highest BCUT2D eigenvalue weighted by molar-refractivity contribution is 7.13. The second-order valence-corrected chi connectivity index (χ2v) is 9.36. The molecule has 1 aliphatic heterocycles. The number of morpholine rings is 1. The van der Waals surface area contributed by atoms with Gasteiger partial charge >= 0.3 is 0 Å². The fourth-order valence-electron chi connectivity index (χ4n) is 4.14. The molecule has 2 aromatic carbocycles. The first-order valence-electron chi connectivity index (χ1n) is 11.3. The summed E-state index contributed by atoms with van der Waals surface area (Å²) in [6, 6.07) is 20.2. The molecule has 5 nitrogen and oxygen atoms in total. The van der Waals surface area contributed by atoms with E-state index in [1.165, 1.54) is 5.56 Å². The molecule has 5 rings (SSSR count). The molecule has 3 heterocycles. The van der Waals surface area contributed by atoms with Crippen LogP contribution >= 0.6 is 11.3 Å². The van der Waals surface area contributed by atoms with Gasteiger partial charge in [-0.15, -0.1) is 11.3 Å². The normalized spacial score (nSPS) is 14.5. The summed E-state index contributed by atoms with van der Waals surface area (Å²) < 4.78 is 5.42. The number of fused-ring (bicyclic) bond motifs is 1. The van der Waals surface area contributed by atoms with Gasteiger partial charge in [-0.3, -0.25) is 9.69 Å². The van der Waals surface area contributed by atoms with E-state index >= 15 is 0 Å². The Balaban J connectivity index is 1.34. The predicted octanol–water partition coefficient (Wildman–Crippen LogP) is 5.40. The lowest BCUT2D eigenvalue weighted by atomic mass is 10.0. The first kappa shape index (κ1) is 21.8. The molecule has 1 fully saturated rings. The Morgan fingerprint density at radius 2 is 1.91 bits per heavy atom. The number of hydrogen-bond acceptors (Lipinski definition) is 5. The molecular formula is C27H27N3O2S. The molecule has 0 saturated carbocycles. The van der Waals surface area contributed by atoms with Crippen molar-refractivity contribution >= 4 is 33.8 Å². The molecule has 1 saturated heterocycles. The fraction of sp³-hybridized carbons (Fsp3) is 0.259. The highest BCUT2D eigenvalue weighted by Gasteiger charge is 2.15. The number of anilines is 1. The van der Waals surface area contributed by atoms with E-state index in [2.05, 4.69) is 22.3 Å². The summed E-state index contributed by atoms with van der Waals surface area (Å²) in [5, 5.41) is 5.98. The van der Waals surface area contributed by atoms with E-state index in [4.69, 9.17) is 9.72 Å². The minimum absolute atomic E-state index is 0.119. The Hall–Kier alpha value is -3.06. The van der Waals surface area contributed by atoms with Crippen molar-refractivity contribution in [2.24, 2.45) is 0 Å². The predicted molar refractivity (Wildman–Crippen MR) is 135 cm³/mol. The maximum atomic E-state index is 13.3. The lowest BCUT2D eigenvalue weighted by molar-refractivity contribution is 0.0384. The zero-order chi connectivity index (χ0) is 22.6. The molecule has 1 N–H and O–H groups in total. The van der Waals surface area contributed by atoms with E-state index in [0.717, 1.165) is 72.0 Å². The second-order valence-electron chi connectivity index (χ2n) is 8.41. The number of benzene rings is 2. The van der Waals surface area contributed by atoms with Crippen LogP contribution in [0.25, 0.3) is 21.5 Å². The maximum Gasteiger partial charge on any atom is 0.256 e. The number of thiophene rings is 1. The van der Waals surface area contributed by atoms with E-state index < -0.39 is 0 Å². The minimum Gasteiger partial charge on any atom is -0.379 e. The van der Waals surface area contributed by atoms with Gasteiger partial charge in [0.05, 0.1) is 34.9 Å². The summed E-state index contributed by atoms with van der Waals surface area (Å²) in [7, 11) is 0. The van der Waals surface area contributed by atoms with Crippen molar-refractivity contribution in [3.05, 3.63) is 82.7 Å². The van der Waals surface area contributed by atoms with Crippen molar-refractivity contribution < 1.29 is 9.53 Å². The molecule has 1 amide bonds. The summed E-state index contributed by atoms with van der Waals surface area (Å²) in [5.74, 6) is -0.119. The topological polar surface area (TPSA) is 54.5 Å². The van der Waals surface area contributed by atoms with Crippen LogP contribution in [0.2, 0.25) is 0 Å². The third-order valence-corrected chi connectivity index (χ3v) is 6.91. The Bertz CT molecular complexity index is 1250. The molecule has 0 radical (unpaired) electrons. The van der Waals surface area contributed by atoms with Gasteiger partial charge in [-0.1, -0.05) is 29.8 Å². The average molecular weight is 458 g/mol. The smallest absolute Gasteiger partial charge is 0.256 e. The number of carbonyl (C=O) groups excluding carboxylic acids is 1. The molecular weight excluding hydrogens is 430 g/mol. The van der Waals surface area contributed by atoms with Crippen molar-refractivity contribution in [2.45, 2.75) is 13.3 Å². The van der Waals surface area contributed by atoms with Crippen LogP contribution in [-0.4, -0.2) is 48.6 Å². The summed E-state index contributed by atoms with van der Waals surface area (Å²) in [5.41, 5.74) is 5.46. The highest BCUT2D eigenvalue weighted by Crippen LogP contribution is 2.29. The van der Waals surface area contributed by atoms with Crippen molar-refractivity contribution in [3.8, 4) is 10.6 Å². The summed E-state index contributed by atoms with van der Waals surface area (Å²) in [6.45, 7) is 6.71. The molecule has 0 unspecified atom stereocenters. The molecule has 6 heteroatoms. The number of aromatic nitrogens is 1. The fourth-order valence-corrected chi connectivity index (χ4v) is 4.83. The first-order chi connectivity index (χ1) is 16.2. The van der Waals surface area contributed by atoms with E-state index in [-0.39, 0.29) is 5.91 Å². The van der Waals surface area contributed by atoms with Gasteiger partial charge in [0.15, 0.2) is 0 Å². The number of rotatable bonds is 6. The second kappa shape index (κ2) is 9.83. The Morgan fingerprint density at radius 1 is 1.09 bits per heavy atom. The SMILES string of the molecule is Cc1ccc2nc(-c3cccs3)cc(C(=O)Nc3ccc(CCN4CCOCC4)cc3)c2c1. The third-order valence-electron chi connectivity index (χ3n) is 6.01. The lowest BCUT2D eigenvalue weighted by Crippen LogP contribution is -2.37. The zero-order valence-corrected chi connectivity index (χ0v) is 19.5. The largest absolute Gasteiger partial charge is 0.379 e. The molecule has 168 valence electrons. The number of pyridine rings is 1. The van der Waals surface area contributed by atoms with Crippen molar-refractivity contribution in [3.63, 3.8) is 0 Å². The highest BCUT2D eigenvalue weighted by atomic mass is 32.1. The van der Waals surface area contributed by atoms with Gasteiger partial charge in [0.25, 0.3) is 5.91 Å². The molecule has 1 aliphatic rings. The third kappa shape index (κ3) is 5.14. The van der Waals surface area contributed by atoms with Gasteiger partial charge in [-0.2, -0.15) is 0 Å². The van der Waals surface area contributed by atoms with Crippen LogP contribution in [0.15, 0.2) is 66.0 Å². The van der Waals surface area contributed by atoms with Crippen LogP contribution in [0, 0.1) is 6.92 Å². The molecule has 0 spiro atoms. The minimum atomic E-state index is -0.119. The van der Waals surface area contributed by atoms with Crippen LogP contribution in [0.5, 0.6) is 0 Å². The number of ether oxygens (including phenoxy) is 1. The maximum absolute atomic E-state index is 13.3. The Labute approximate surface area is 198 Å². The van der Waals surface area contributed by atoms with E-state index in [1.807, 2.05) is 60.8 Å². The van der Waals surface area contributed by atoms with Crippen LogP contribution in [-0.2, 0) is 11.2 Å². The van der Waals surface area contributed by atoms with E-state index in [1.54, 1.807) is 11.3 Å². The van der Waals surface area contributed by atoms with Gasteiger partial charge in [0.2, 0.25) is 0 Å². The lowest BCUT2D eigenvalue weighted by Gasteiger charge is -2.26. The molecule has 0 aliphatic carbocycles. The number of amides is 1.